The zero-order valence-electron chi connectivity index (χ0n) is 10.7. The van der Waals surface area contributed by atoms with Gasteiger partial charge in [-0.25, -0.2) is 4.98 Å². The molecule has 5 heteroatoms. The number of hydrogen-bond acceptors (Lipinski definition) is 5. The number of nitrogens with zero attached hydrogens (tertiary/aromatic N) is 3. The maximum atomic E-state index is 4.83. The van der Waals surface area contributed by atoms with Gasteiger partial charge in [0.2, 0.25) is 0 Å². The second-order valence-corrected chi connectivity index (χ2v) is 5.06. The van der Waals surface area contributed by atoms with Crippen molar-refractivity contribution >= 4 is 5.82 Å². The van der Waals surface area contributed by atoms with E-state index in [9.17, 15) is 0 Å². The van der Waals surface area contributed by atoms with Gasteiger partial charge in [0.1, 0.15) is 5.82 Å². The lowest BCUT2D eigenvalue weighted by molar-refractivity contribution is 0.452. The molecule has 2 saturated heterocycles. The Morgan fingerprint density at radius 1 is 1.00 bits per heavy atom. The quantitative estimate of drug-likeness (QED) is 0.790. The zero-order chi connectivity index (χ0) is 12.2. The molecule has 3 rings (SSSR count). The van der Waals surface area contributed by atoms with Gasteiger partial charge < -0.3 is 15.5 Å². The Morgan fingerprint density at radius 2 is 1.72 bits per heavy atom. The van der Waals surface area contributed by atoms with E-state index < -0.39 is 0 Å². The van der Waals surface area contributed by atoms with Gasteiger partial charge in [-0.1, -0.05) is 0 Å². The van der Waals surface area contributed by atoms with Crippen molar-refractivity contribution in [3.05, 3.63) is 18.1 Å². The summed E-state index contributed by atoms with van der Waals surface area (Å²) in [5, 5.41) is 6.76. The van der Waals surface area contributed by atoms with Crippen molar-refractivity contribution in [3.63, 3.8) is 0 Å². The summed E-state index contributed by atoms with van der Waals surface area (Å²) in [5.41, 5.74) is 1.17. The van der Waals surface area contributed by atoms with Gasteiger partial charge in [0, 0.05) is 38.3 Å². The van der Waals surface area contributed by atoms with Gasteiger partial charge in [0.15, 0.2) is 0 Å². The molecule has 0 aromatic carbocycles. The lowest BCUT2D eigenvalue weighted by atomic mass is 9.95. The minimum Gasteiger partial charge on any atom is -0.353 e. The molecule has 0 radical (unpaired) electrons. The SMILES string of the molecule is c1ncc(N2CCNCC2)nc1C1CCNCC1. The first-order valence-corrected chi connectivity index (χ1v) is 6.92. The lowest BCUT2D eigenvalue weighted by Gasteiger charge is -2.29. The van der Waals surface area contributed by atoms with Crippen LogP contribution in [0.5, 0.6) is 0 Å². The molecule has 2 aliphatic rings. The maximum absolute atomic E-state index is 4.83. The molecule has 0 spiro atoms. The molecule has 2 fully saturated rings. The van der Waals surface area contributed by atoms with E-state index in [1.807, 2.05) is 12.4 Å². The van der Waals surface area contributed by atoms with Crippen molar-refractivity contribution in [2.24, 2.45) is 0 Å². The van der Waals surface area contributed by atoms with Crippen LogP contribution in [-0.4, -0.2) is 49.2 Å². The minimum atomic E-state index is 0.585. The number of anilines is 1. The molecule has 98 valence electrons. The summed E-state index contributed by atoms with van der Waals surface area (Å²) < 4.78 is 0. The Balaban J connectivity index is 1.75. The number of rotatable bonds is 2. The lowest BCUT2D eigenvalue weighted by Crippen LogP contribution is -2.44. The first kappa shape index (κ1) is 11.9. The predicted molar refractivity (Wildman–Crippen MR) is 72.0 cm³/mol. The smallest absolute Gasteiger partial charge is 0.147 e. The number of piperazine rings is 1. The summed E-state index contributed by atoms with van der Waals surface area (Å²) in [6.07, 6.45) is 6.21. The molecule has 0 atom stereocenters. The average Bonchev–Trinajstić information content (AvgIpc) is 2.49. The van der Waals surface area contributed by atoms with Crippen LogP contribution in [0, 0.1) is 0 Å². The van der Waals surface area contributed by atoms with Gasteiger partial charge >= 0.3 is 0 Å². The molecular formula is C13H21N5. The van der Waals surface area contributed by atoms with Crippen LogP contribution in [-0.2, 0) is 0 Å². The summed E-state index contributed by atoms with van der Waals surface area (Å²) in [7, 11) is 0. The van der Waals surface area contributed by atoms with E-state index in [4.69, 9.17) is 4.98 Å². The fraction of sp³-hybridized carbons (Fsp3) is 0.692. The molecule has 18 heavy (non-hydrogen) atoms. The van der Waals surface area contributed by atoms with E-state index in [1.165, 1.54) is 18.5 Å². The zero-order valence-corrected chi connectivity index (χ0v) is 10.7. The highest BCUT2D eigenvalue weighted by Gasteiger charge is 2.19. The summed E-state index contributed by atoms with van der Waals surface area (Å²) in [4.78, 5) is 11.5. The molecule has 0 aliphatic carbocycles. The molecule has 5 nitrogen and oxygen atoms in total. The second-order valence-electron chi connectivity index (χ2n) is 5.06. The van der Waals surface area contributed by atoms with E-state index in [0.29, 0.717) is 5.92 Å². The van der Waals surface area contributed by atoms with Crippen molar-refractivity contribution < 1.29 is 0 Å². The number of aromatic nitrogens is 2. The van der Waals surface area contributed by atoms with Crippen LogP contribution in [0.4, 0.5) is 5.82 Å². The summed E-state index contributed by atoms with van der Waals surface area (Å²) in [6.45, 7) is 6.35. The van der Waals surface area contributed by atoms with Crippen LogP contribution in [0.15, 0.2) is 12.4 Å². The molecule has 0 bridgehead atoms. The summed E-state index contributed by atoms with van der Waals surface area (Å²) >= 11 is 0. The van der Waals surface area contributed by atoms with Gasteiger partial charge in [-0.05, 0) is 25.9 Å². The summed E-state index contributed by atoms with van der Waals surface area (Å²) in [6, 6.07) is 0. The Hall–Kier alpha value is -1.20. The topological polar surface area (TPSA) is 53.1 Å². The second kappa shape index (κ2) is 5.63. The average molecular weight is 247 g/mol. The van der Waals surface area contributed by atoms with Crippen molar-refractivity contribution in [3.8, 4) is 0 Å². The maximum Gasteiger partial charge on any atom is 0.147 e. The van der Waals surface area contributed by atoms with Gasteiger partial charge in [-0.2, -0.15) is 0 Å². The van der Waals surface area contributed by atoms with E-state index in [-0.39, 0.29) is 0 Å². The van der Waals surface area contributed by atoms with E-state index >= 15 is 0 Å². The highest BCUT2D eigenvalue weighted by Crippen LogP contribution is 2.24. The van der Waals surface area contributed by atoms with Crippen LogP contribution >= 0.6 is 0 Å². The van der Waals surface area contributed by atoms with Crippen molar-refractivity contribution in [1.29, 1.82) is 0 Å². The van der Waals surface area contributed by atoms with Crippen LogP contribution < -0.4 is 15.5 Å². The third-order valence-electron chi connectivity index (χ3n) is 3.84. The largest absolute Gasteiger partial charge is 0.353 e. The van der Waals surface area contributed by atoms with Gasteiger partial charge in [0.05, 0.1) is 11.9 Å². The molecule has 3 heterocycles. The predicted octanol–water partition coefficient (Wildman–Crippen LogP) is 0.353. The van der Waals surface area contributed by atoms with Crippen molar-refractivity contribution in [2.75, 3.05) is 44.2 Å². The minimum absolute atomic E-state index is 0.585. The van der Waals surface area contributed by atoms with E-state index in [0.717, 1.165) is 45.1 Å². The molecule has 1 aromatic rings. The Morgan fingerprint density at radius 3 is 2.50 bits per heavy atom. The highest BCUT2D eigenvalue weighted by molar-refractivity contribution is 5.37. The first-order chi connectivity index (χ1) is 8.93. The van der Waals surface area contributed by atoms with Crippen LogP contribution in [0.25, 0.3) is 0 Å². The highest BCUT2D eigenvalue weighted by atomic mass is 15.2. The molecule has 2 aliphatic heterocycles. The molecule has 0 unspecified atom stereocenters. The van der Waals surface area contributed by atoms with Crippen molar-refractivity contribution in [2.45, 2.75) is 18.8 Å². The van der Waals surface area contributed by atoms with Gasteiger partial charge in [-0.3, -0.25) is 4.98 Å². The monoisotopic (exact) mass is 247 g/mol. The molecular weight excluding hydrogens is 226 g/mol. The van der Waals surface area contributed by atoms with E-state index in [2.05, 4.69) is 20.5 Å². The fourth-order valence-corrected chi connectivity index (χ4v) is 2.73. The molecule has 0 amide bonds. The first-order valence-electron chi connectivity index (χ1n) is 6.92. The van der Waals surface area contributed by atoms with Crippen LogP contribution in [0.2, 0.25) is 0 Å². The normalized spacial score (nSPS) is 22.1. The van der Waals surface area contributed by atoms with Crippen LogP contribution in [0.1, 0.15) is 24.5 Å². The molecule has 2 N–H and O–H groups in total. The third-order valence-corrected chi connectivity index (χ3v) is 3.84. The third kappa shape index (κ3) is 2.62. The van der Waals surface area contributed by atoms with Gasteiger partial charge in [-0.15, -0.1) is 0 Å². The fourth-order valence-electron chi connectivity index (χ4n) is 2.73. The van der Waals surface area contributed by atoms with Gasteiger partial charge in [0.25, 0.3) is 0 Å². The van der Waals surface area contributed by atoms with E-state index in [1.54, 1.807) is 0 Å². The Bertz CT molecular complexity index is 349. The standard InChI is InChI=1S/C13H21N5/c1-3-14-4-2-11(1)12-9-16-10-13(17-12)18-7-5-15-6-8-18/h9-11,14-15H,1-8H2. The molecule has 0 saturated carbocycles. The molecule has 1 aromatic heterocycles. The Kier molecular flexibility index (Phi) is 3.71. The Labute approximate surface area is 108 Å². The number of hydrogen-bond donors (Lipinski definition) is 2. The van der Waals surface area contributed by atoms with Crippen LogP contribution in [0.3, 0.4) is 0 Å². The van der Waals surface area contributed by atoms with Crippen molar-refractivity contribution in [1.82, 2.24) is 20.6 Å². The number of nitrogens with one attached hydrogen (secondary N) is 2. The summed E-state index contributed by atoms with van der Waals surface area (Å²) in [5.74, 6) is 1.63. The number of piperidine rings is 1.